The molecule has 4 aromatic rings. The van der Waals surface area contributed by atoms with E-state index in [4.69, 9.17) is 0 Å². The van der Waals surface area contributed by atoms with Gasteiger partial charge < -0.3 is 20.1 Å². The Labute approximate surface area is 224 Å². The molecule has 2 aromatic carbocycles. The molecule has 39 heavy (non-hydrogen) atoms. The molecule has 3 amide bonds. The summed E-state index contributed by atoms with van der Waals surface area (Å²) in [6.45, 7) is 4.80. The minimum Gasteiger partial charge on any atom is -0.350 e. The predicted molar refractivity (Wildman–Crippen MR) is 143 cm³/mol. The molecule has 2 fully saturated rings. The maximum Gasteiger partial charge on any atom is 0.274 e. The summed E-state index contributed by atoms with van der Waals surface area (Å²) in [6.07, 6.45) is 2.65. The SMILES string of the molecule is CC(C)CC(NC(=O)c1cc2c(F)cccc2[nH]1)C(=O)N1CC2CC1CN2C(=O)c1cnc2ccccc2n1. The van der Waals surface area contributed by atoms with Crippen LogP contribution < -0.4 is 5.32 Å². The summed E-state index contributed by atoms with van der Waals surface area (Å²) in [5.74, 6) is -1.07. The van der Waals surface area contributed by atoms with Crippen LogP contribution in [-0.2, 0) is 4.79 Å². The number of carbonyl (C=O) groups excluding carboxylic acids is 3. The molecule has 3 unspecified atom stereocenters. The number of rotatable bonds is 6. The number of benzene rings is 2. The number of nitrogens with zero attached hydrogens (tertiary/aromatic N) is 4. The van der Waals surface area contributed by atoms with Crippen LogP contribution in [0.3, 0.4) is 0 Å². The molecule has 2 N–H and O–H groups in total. The average Bonchev–Trinajstić information content (AvgIpc) is 3.66. The Morgan fingerprint density at radius 3 is 2.51 bits per heavy atom. The lowest BCUT2D eigenvalue weighted by atomic mass is 10.0. The Morgan fingerprint density at radius 2 is 1.79 bits per heavy atom. The molecule has 2 aromatic heterocycles. The molecule has 2 bridgehead atoms. The van der Waals surface area contributed by atoms with Crippen LogP contribution in [0.25, 0.3) is 21.9 Å². The number of piperazine rings is 1. The van der Waals surface area contributed by atoms with Crippen molar-refractivity contribution in [3.05, 3.63) is 71.9 Å². The van der Waals surface area contributed by atoms with Crippen molar-refractivity contribution in [3.8, 4) is 0 Å². The summed E-state index contributed by atoms with van der Waals surface area (Å²) < 4.78 is 14.1. The highest BCUT2D eigenvalue weighted by molar-refractivity contribution is 6.00. The minimum atomic E-state index is -0.733. The van der Waals surface area contributed by atoms with E-state index in [2.05, 4.69) is 20.3 Å². The average molecular weight is 529 g/mol. The van der Waals surface area contributed by atoms with Gasteiger partial charge in [0.05, 0.1) is 29.3 Å². The third kappa shape index (κ3) is 4.60. The largest absolute Gasteiger partial charge is 0.350 e. The summed E-state index contributed by atoms with van der Waals surface area (Å²) in [5, 5.41) is 3.20. The van der Waals surface area contributed by atoms with Crippen LogP contribution in [0.4, 0.5) is 4.39 Å². The van der Waals surface area contributed by atoms with E-state index in [1.54, 1.807) is 21.9 Å². The fraction of sp³-hybridized carbons (Fsp3) is 0.345. The molecular weight excluding hydrogens is 499 g/mol. The lowest BCUT2D eigenvalue weighted by Gasteiger charge is -2.36. The molecule has 4 heterocycles. The third-order valence-corrected chi connectivity index (χ3v) is 7.62. The van der Waals surface area contributed by atoms with Crippen molar-refractivity contribution in [2.45, 2.75) is 44.8 Å². The van der Waals surface area contributed by atoms with Gasteiger partial charge in [-0.15, -0.1) is 0 Å². The van der Waals surface area contributed by atoms with Crippen molar-refractivity contribution in [3.63, 3.8) is 0 Å². The molecule has 2 aliphatic heterocycles. The number of aromatic amines is 1. The van der Waals surface area contributed by atoms with E-state index in [9.17, 15) is 18.8 Å². The third-order valence-electron chi connectivity index (χ3n) is 7.62. The van der Waals surface area contributed by atoms with Crippen molar-refractivity contribution in [2.75, 3.05) is 13.1 Å². The highest BCUT2D eigenvalue weighted by Crippen LogP contribution is 2.33. The summed E-state index contributed by atoms with van der Waals surface area (Å²) in [7, 11) is 0. The molecule has 2 saturated heterocycles. The maximum absolute atomic E-state index is 14.1. The van der Waals surface area contributed by atoms with Crippen LogP contribution in [0.1, 0.15) is 47.7 Å². The number of H-pyrrole nitrogens is 1. The smallest absolute Gasteiger partial charge is 0.274 e. The van der Waals surface area contributed by atoms with E-state index < -0.39 is 17.8 Å². The zero-order valence-electron chi connectivity index (χ0n) is 21.7. The molecule has 3 atom stereocenters. The van der Waals surface area contributed by atoms with E-state index >= 15 is 0 Å². The normalized spacial score (nSPS) is 19.3. The highest BCUT2D eigenvalue weighted by Gasteiger charge is 2.48. The quantitative estimate of drug-likeness (QED) is 0.398. The van der Waals surface area contributed by atoms with Crippen molar-refractivity contribution in [1.29, 1.82) is 0 Å². The van der Waals surface area contributed by atoms with Crippen LogP contribution in [-0.4, -0.2) is 73.7 Å². The molecule has 9 nitrogen and oxygen atoms in total. The highest BCUT2D eigenvalue weighted by atomic mass is 19.1. The van der Waals surface area contributed by atoms with Crippen LogP contribution in [0.15, 0.2) is 54.7 Å². The topological polar surface area (TPSA) is 111 Å². The van der Waals surface area contributed by atoms with Gasteiger partial charge in [-0.1, -0.05) is 32.0 Å². The van der Waals surface area contributed by atoms with Gasteiger partial charge in [0.1, 0.15) is 23.2 Å². The number of hydrogen-bond acceptors (Lipinski definition) is 5. The van der Waals surface area contributed by atoms with Gasteiger partial charge in [0.15, 0.2) is 0 Å². The molecule has 0 aliphatic carbocycles. The Balaban J connectivity index is 1.15. The molecule has 10 heteroatoms. The second-order valence-electron chi connectivity index (χ2n) is 10.8. The van der Waals surface area contributed by atoms with Gasteiger partial charge in [-0.3, -0.25) is 19.4 Å². The number of fused-ring (bicyclic) bond motifs is 4. The van der Waals surface area contributed by atoms with Crippen LogP contribution in [0.5, 0.6) is 0 Å². The number of carbonyl (C=O) groups is 3. The second-order valence-corrected chi connectivity index (χ2v) is 10.8. The number of aromatic nitrogens is 3. The first-order valence-corrected chi connectivity index (χ1v) is 13.2. The Hall–Kier alpha value is -4.34. The van der Waals surface area contributed by atoms with Gasteiger partial charge in [-0.05, 0) is 49.1 Å². The lowest BCUT2D eigenvalue weighted by molar-refractivity contribution is -0.135. The minimum absolute atomic E-state index is 0.119. The molecule has 0 saturated carbocycles. The van der Waals surface area contributed by atoms with Crippen molar-refractivity contribution < 1.29 is 18.8 Å². The van der Waals surface area contributed by atoms with Gasteiger partial charge >= 0.3 is 0 Å². The zero-order valence-corrected chi connectivity index (χ0v) is 21.7. The first kappa shape index (κ1) is 25.0. The monoisotopic (exact) mass is 528 g/mol. The summed E-state index contributed by atoms with van der Waals surface area (Å²) in [4.78, 5) is 55.4. The Morgan fingerprint density at radius 1 is 1.05 bits per heavy atom. The fourth-order valence-corrected chi connectivity index (χ4v) is 5.76. The Kier molecular flexibility index (Phi) is 6.25. The number of halogens is 1. The Bertz CT molecular complexity index is 1600. The summed E-state index contributed by atoms with van der Waals surface area (Å²) in [6, 6.07) is 12.5. The van der Waals surface area contributed by atoms with E-state index in [0.717, 1.165) is 5.52 Å². The van der Waals surface area contributed by atoms with E-state index in [1.807, 2.05) is 38.1 Å². The van der Waals surface area contributed by atoms with Gasteiger partial charge in [0, 0.05) is 24.0 Å². The molecular formula is C29H29FN6O3. The van der Waals surface area contributed by atoms with E-state index in [-0.39, 0.29) is 35.5 Å². The van der Waals surface area contributed by atoms with Gasteiger partial charge in [-0.25, -0.2) is 9.37 Å². The second kappa shape index (κ2) is 9.76. The van der Waals surface area contributed by atoms with Gasteiger partial charge in [-0.2, -0.15) is 0 Å². The summed E-state index contributed by atoms with van der Waals surface area (Å²) >= 11 is 0. The van der Waals surface area contributed by atoms with Gasteiger partial charge in [0.25, 0.3) is 11.8 Å². The maximum atomic E-state index is 14.1. The summed E-state index contributed by atoms with van der Waals surface area (Å²) in [5.41, 5.74) is 2.40. The molecule has 0 spiro atoms. The van der Waals surface area contributed by atoms with Gasteiger partial charge in [0.2, 0.25) is 5.91 Å². The van der Waals surface area contributed by atoms with Crippen molar-refractivity contribution in [2.24, 2.45) is 5.92 Å². The number of nitrogens with one attached hydrogen (secondary N) is 2. The molecule has 200 valence electrons. The van der Waals surface area contributed by atoms with Crippen molar-refractivity contribution in [1.82, 2.24) is 30.1 Å². The molecule has 2 aliphatic rings. The van der Waals surface area contributed by atoms with Crippen LogP contribution >= 0.6 is 0 Å². The first-order valence-electron chi connectivity index (χ1n) is 13.2. The predicted octanol–water partition coefficient (Wildman–Crippen LogP) is 3.52. The van der Waals surface area contributed by atoms with Crippen molar-refractivity contribution >= 4 is 39.7 Å². The standard InChI is InChI=1S/C29H29FN6O3/c1-16(2)10-25(34-27(37)24-12-19-20(30)6-5-9-21(19)32-24)28(38)35-14-18-11-17(35)15-36(18)29(39)26-13-31-22-7-3-4-8-23(22)33-26/h3-9,12-13,16-18,25,32H,10-11,14-15H2,1-2H3,(H,34,37). The fourth-order valence-electron chi connectivity index (χ4n) is 5.76. The van der Waals surface area contributed by atoms with Crippen LogP contribution in [0, 0.1) is 11.7 Å². The molecule has 0 radical (unpaired) electrons. The van der Waals surface area contributed by atoms with Crippen LogP contribution in [0.2, 0.25) is 0 Å². The lowest BCUT2D eigenvalue weighted by Crippen LogP contribution is -2.56. The number of hydrogen-bond donors (Lipinski definition) is 2. The number of para-hydroxylation sites is 2. The molecule has 6 rings (SSSR count). The number of likely N-dealkylation sites (tertiary alicyclic amines) is 2. The van der Waals surface area contributed by atoms with E-state index in [0.29, 0.717) is 48.0 Å². The first-order chi connectivity index (χ1) is 18.8. The zero-order chi connectivity index (χ0) is 27.3. The number of amides is 3. The van der Waals surface area contributed by atoms with E-state index in [1.165, 1.54) is 18.3 Å².